The molecule has 1 atom stereocenters. The predicted octanol–water partition coefficient (Wildman–Crippen LogP) is 5.45. The molecule has 1 saturated carbocycles. The van der Waals surface area contributed by atoms with E-state index >= 15 is 0 Å². The summed E-state index contributed by atoms with van der Waals surface area (Å²) in [6, 6.07) is 5.08. The van der Waals surface area contributed by atoms with E-state index in [9.17, 15) is 0 Å². The van der Waals surface area contributed by atoms with Crippen molar-refractivity contribution in [2.45, 2.75) is 58.9 Å². The lowest BCUT2D eigenvalue weighted by molar-refractivity contribution is 0.328. The van der Waals surface area contributed by atoms with Gasteiger partial charge in [-0.05, 0) is 62.8 Å². The highest BCUT2D eigenvalue weighted by atomic mass is 79.9. The van der Waals surface area contributed by atoms with E-state index in [1.54, 1.807) is 0 Å². The fourth-order valence-corrected chi connectivity index (χ4v) is 3.27. The summed E-state index contributed by atoms with van der Waals surface area (Å²) >= 11 is 3.63. The van der Waals surface area contributed by atoms with E-state index in [1.165, 1.54) is 53.4 Å². The fourth-order valence-electron chi connectivity index (χ4n) is 3.04. The molecular formula is C16H24BrN. The molecule has 1 aromatic carbocycles. The molecule has 1 aliphatic carbocycles. The molecule has 0 radical (unpaired) electrons. The maximum Gasteiger partial charge on any atom is 0.0348 e. The van der Waals surface area contributed by atoms with Crippen LogP contribution in [0.25, 0.3) is 0 Å². The van der Waals surface area contributed by atoms with E-state index in [0.29, 0.717) is 6.04 Å². The Morgan fingerprint density at radius 2 is 1.67 bits per heavy atom. The quantitative estimate of drug-likeness (QED) is 0.783. The largest absolute Gasteiger partial charge is 0.382 e. The first-order valence-electron chi connectivity index (χ1n) is 7.11. The molecule has 1 unspecified atom stereocenters. The van der Waals surface area contributed by atoms with Crippen LogP contribution in [0, 0.1) is 19.8 Å². The van der Waals surface area contributed by atoms with E-state index < -0.39 is 0 Å². The Hall–Kier alpha value is -0.500. The Morgan fingerprint density at radius 1 is 1.11 bits per heavy atom. The average molecular weight is 310 g/mol. The van der Waals surface area contributed by atoms with Crippen molar-refractivity contribution in [1.82, 2.24) is 0 Å². The van der Waals surface area contributed by atoms with Gasteiger partial charge in [0, 0.05) is 16.2 Å². The van der Waals surface area contributed by atoms with E-state index in [4.69, 9.17) is 0 Å². The lowest BCUT2D eigenvalue weighted by Crippen LogP contribution is -2.27. The molecule has 1 aliphatic rings. The standard InChI is InChI=1S/C16H24BrN/c1-11-9-15(10-12(2)16(11)17)18-13(3)14-7-5-4-6-8-14/h9-10,13-14,18H,4-8H2,1-3H3. The number of anilines is 1. The van der Waals surface area contributed by atoms with Crippen molar-refractivity contribution in [1.29, 1.82) is 0 Å². The maximum absolute atomic E-state index is 3.70. The van der Waals surface area contributed by atoms with E-state index in [0.717, 1.165) is 5.92 Å². The van der Waals surface area contributed by atoms with Crippen molar-refractivity contribution < 1.29 is 0 Å². The number of halogens is 1. The first kappa shape index (κ1) is 13.9. The summed E-state index contributed by atoms with van der Waals surface area (Å²) in [5.41, 5.74) is 3.90. The van der Waals surface area contributed by atoms with Crippen LogP contribution >= 0.6 is 15.9 Å². The minimum absolute atomic E-state index is 0.588. The van der Waals surface area contributed by atoms with Gasteiger partial charge in [-0.2, -0.15) is 0 Å². The lowest BCUT2D eigenvalue weighted by atomic mass is 9.84. The Morgan fingerprint density at radius 3 is 2.22 bits per heavy atom. The molecule has 1 N–H and O–H groups in total. The van der Waals surface area contributed by atoms with Crippen molar-refractivity contribution in [3.63, 3.8) is 0 Å². The monoisotopic (exact) mass is 309 g/mol. The smallest absolute Gasteiger partial charge is 0.0348 e. The molecule has 2 rings (SSSR count). The number of hydrogen-bond acceptors (Lipinski definition) is 1. The zero-order valence-corrected chi connectivity index (χ0v) is 13.3. The summed E-state index contributed by atoms with van der Waals surface area (Å²) in [6.07, 6.45) is 7.04. The molecule has 0 spiro atoms. The second kappa shape index (κ2) is 6.10. The Labute approximate surface area is 119 Å². The predicted molar refractivity (Wildman–Crippen MR) is 83.3 cm³/mol. The van der Waals surface area contributed by atoms with Gasteiger partial charge in [0.15, 0.2) is 0 Å². The summed E-state index contributed by atoms with van der Waals surface area (Å²) in [5.74, 6) is 0.850. The number of hydrogen-bond donors (Lipinski definition) is 1. The maximum atomic E-state index is 3.70. The number of aryl methyl sites for hydroxylation is 2. The van der Waals surface area contributed by atoms with E-state index in [2.05, 4.69) is 54.2 Å². The molecule has 0 bridgehead atoms. The molecule has 1 aromatic rings. The van der Waals surface area contributed by atoms with Crippen molar-refractivity contribution in [2.24, 2.45) is 5.92 Å². The van der Waals surface area contributed by atoms with Gasteiger partial charge in [-0.3, -0.25) is 0 Å². The molecule has 100 valence electrons. The Kier molecular flexibility index (Phi) is 4.71. The Balaban J connectivity index is 2.04. The molecule has 2 heteroatoms. The van der Waals surface area contributed by atoms with Gasteiger partial charge in [0.05, 0.1) is 0 Å². The highest BCUT2D eigenvalue weighted by molar-refractivity contribution is 9.10. The first-order chi connectivity index (χ1) is 8.58. The van der Waals surface area contributed by atoms with E-state index in [-0.39, 0.29) is 0 Å². The van der Waals surface area contributed by atoms with Crippen LogP contribution in [-0.4, -0.2) is 6.04 Å². The van der Waals surface area contributed by atoms with Crippen LogP contribution in [0.15, 0.2) is 16.6 Å². The third-order valence-corrected chi connectivity index (χ3v) is 5.44. The molecular weight excluding hydrogens is 286 g/mol. The molecule has 0 aromatic heterocycles. The molecule has 0 heterocycles. The van der Waals surface area contributed by atoms with Gasteiger partial charge in [-0.25, -0.2) is 0 Å². The third-order valence-electron chi connectivity index (χ3n) is 4.19. The number of nitrogens with one attached hydrogen (secondary N) is 1. The SMILES string of the molecule is Cc1cc(NC(C)C2CCCCC2)cc(C)c1Br. The van der Waals surface area contributed by atoms with Gasteiger partial charge < -0.3 is 5.32 Å². The molecule has 0 amide bonds. The summed E-state index contributed by atoms with van der Waals surface area (Å²) < 4.78 is 1.23. The van der Waals surface area contributed by atoms with Gasteiger partial charge in [-0.1, -0.05) is 35.2 Å². The van der Waals surface area contributed by atoms with Gasteiger partial charge in [0.1, 0.15) is 0 Å². The van der Waals surface area contributed by atoms with Crippen LogP contribution in [0.5, 0.6) is 0 Å². The zero-order chi connectivity index (χ0) is 13.1. The topological polar surface area (TPSA) is 12.0 Å². The van der Waals surface area contributed by atoms with Crippen LogP contribution in [0.3, 0.4) is 0 Å². The number of benzene rings is 1. The first-order valence-corrected chi connectivity index (χ1v) is 7.90. The normalized spacial score (nSPS) is 18.7. The molecule has 1 fully saturated rings. The summed E-state index contributed by atoms with van der Waals surface area (Å²) in [4.78, 5) is 0. The fraction of sp³-hybridized carbons (Fsp3) is 0.625. The second-order valence-electron chi connectivity index (χ2n) is 5.76. The van der Waals surface area contributed by atoms with Crippen molar-refractivity contribution >= 4 is 21.6 Å². The summed E-state index contributed by atoms with van der Waals surface area (Å²) in [7, 11) is 0. The minimum atomic E-state index is 0.588. The van der Waals surface area contributed by atoms with Gasteiger partial charge in [-0.15, -0.1) is 0 Å². The third kappa shape index (κ3) is 3.28. The summed E-state index contributed by atoms with van der Waals surface area (Å²) in [5, 5.41) is 3.70. The Bertz CT molecular complexity index is 385. The lowest BCUT2D eigenvalue weighted by Gasteiger charge is -2.29. The molecule has 0 aliphatic heterocycles. The van der Waals surface area contributed by atoms with Crippen LogP contribution in [0.2, 0.25) is 0 Å². The van der Waals surface area contributed by atoms with Crippen LogP contribution < -0.4 is 5.32 Å². The van der Waals surface area contributed by atoms with Crippen LogP contribution in [0.1, 0.15) is 50.2 Å². The van der Waals surface area contributed by atoms with Crippen molar-refractivity contribution in [2.75, 3.05) is 5.32 Å². The zero-order valence-electron chi connectivity index (χ0n) is 11.7. The van der Waals surface area contributed by atoms with Crippen LogP contribution in [-0.2, 0) is 0 Å². The van der Waals surface area contributed by atoms with E-state index in [1.807, 2.05) is 0 Å². The average Bonchev–Trinajstić information content (AvgIpc) is 2.37. The van der Waals surface area contributed by atoms with Gasteiger partial charge >= 0.3 is 0 Å². The van der Waals surface area contributed by atoms with Crippen molar-refractivity contribution in [3.8, 4) is 0 Å². The van der Waals surface area contributed by atoms with Crippen molar-refractivity contribution in [3.05, 3.63) is 27.7 Å². The minimum Gasteiger partial charge on any atom is -0.382 e. The van der Waals surface area contributed by atoms with Crippen LogP contribution in [0.4, 0.5) is 5.69 Å². The summed E-state index contributed by atoms with van der Waals surface area (Å²) in [6.45, 7) is 6.66. The highest BCUT2D eigenvalue weighted by Crippen LogP contribution is 2.30. The second-order valence-corrected chi connectivity index (χ2v) is 6.55. The van der Waals surface area contributed by atoms with Gasteiger partial charge in [0.2, 0.25) is 0 Å². The molecule has 18 heavy (non-hydrogen) atoms. The molecule has 1 nitrogen and oxygen atoms in total. The molecule has 0 saturated heterocycles. The van der Waals surface area contributed by atoms with Gasteiger partial charge in [0.25, 0.3) is 0 Å². The highest BCUT2D eigenvalue weighted by Gasteiger charge is 2.20. The number of rotatable bonds is 3.